The van der Waals surface area contributed by atoms with Crippen molar-refractivity contribution in [3.8, 4) is 0 Å². The highest BCUT2D eigenvalue weighted by Crippen LogP contribution is 2.42. The Labute approximate surface area is 95.9 Å². The van der Waals surface area contributed by atoms with Crippen LogP contribution in [0, 0.1) is 17.8 Å². The molecule has 0 heterocycles. The smallest absolute Gasteiger partial charge is 0.159 e. The molecule has 0 N–H and O–H groups in total. The minimum absolute atomic E-state index is 0.170. The van der Waals surface area contributed by atoms with Gasteiger partial charge in [0.05, 0.1) is 13.5 Å². The summed E-state index contributed by atoms with van der Waals surface area (Å²) in [6.45, 7) is 19.8. The molecule has 1 nitrogen and oxygen atoms in total. The van der Waals surface area contributed by atoms with Gasteiger partial charge in [-0.1, -0.05) is 40.2 Å². The molecule has 0 aromatic heterocycles. The van der Waals surface area contributed by atoms with E-state index in [4.69, 9.17) is 4.74 Å². The largest absolute Gasteiger partial charge is 0.494 e. The van der Waals surface area contributed by atoms with Crippen LogP contribution >= 0.6 is 0 Å². The molecule has 0 spiro atoms. The highest BCUT2D eigenvalue weighted by atomic mass is 16.5. The molecular formula is C14H27O+. The Kier molecular flexibility index (Phi) is 5.27. The number of hydrogen-bond donors (Lipinski definition) is 0. The first kappa shape index (κ1) is 14.4. The van der Waals surface area contributed by atoms with Gasteiger partial charge in [-0.05, 0) is 19.3 Å². The van der Waals surface area contributed by atoms with Gasteiger partial charge in [0.15, 0.2) is 5.41 Å². The molecule has 0 radical (unpaired) electrons. The molecule has 0 amide bonds. The first-order chi connectivity index (χ1) is 6.81. The molecule has 15 heavy (non-hydrogen) atoms. The summed E-state index contributed by atoms with van der Waals surface area (Å²) in [7, 11) is 0. The quantitative estimate of drug-likeness (QED) is 0.442. The minimum atomic E-state index is -0.170. The lowest BCUT2D eigenvalue weighted by molar-refractivity contribution is 0.120. The van der Waals surface area contributed by atoms with Gasteiger partial charge in [0.2, 0.25) is 0 Å². The third-order valence-electron chi connectivity index (χ3n) is 3.52. The molecular weight excluding hydrogens is 184 g/mol. The number of ether oxygens (including phenoxy) is 1. The van der Waals surface area contributed by atoms with E-state index in [1.165, 1.54) is 12.8 Å². The average Bonchev–Trinajstić information content (AvgIpc) is 2.17. The predicted molar refractivity (Wildman–Crippen MR) is 67.5 cm³/mol. The maximum absolute atomic E-state index is 5.48. The third kappa shape index (κ3) is 4.19. The van der Waals surface area contributed by atoms with Crippen molar-refractivity contribution in [3.63, 3.8) is 0 Å². The lowest BCUT2D eigenvalue weighted by Crippen LogP contribution is -2.27. The fourth-order valence-electron chi connectivity index (χ4n) is 1.89. The molecule has 0 saturated carbocycles. The summed E-state index contributed by atoms with van der Waals surface area (Å²) in [5.41, 5.74) is 0.174. The van der Waals surface area contributed by atoms with Crippen LogP contribution in [0.5, 0.6) is 0 Å². The van der Waals surface area contributed by atoms with Crippen LogP contribution in [0.1, 0.15) is 53.9 Å². The Morgan fingerprint density at radius 3 is 2.00 bits per heavy atom. The Hall–Kier alpha value is -0.590. The molecule has 1 unspecified atom stereocenters. The van der Waals surface area contributed by atoms with Crippen molar-refractivity contribution in [1.29, 1.82) is 0 Å². The van der Waals surface area contributed by atoms with Crippen LogP contribution in [0.2, 0.25) is 0 Å². The van der Waals surface area contributed by atoms with Crippen molar-refractivity contribution in [2.24, 2.45) is 10.8 Å². The van der Waals surface area contributed by atoms with Gasteiger partial charge >= 0.3 is 0 Å². The molecule has 0 aliphatic rings. The van der Waals surface area contributed by atoms with E-state index in [0.29, 0.717) is 12.0 Å². The fourth-order valence-corrected chi connectivity index (χ4v) is 1.89. The molecule has 1 atom stereocenters. The van der Waals surface area contributed by atoms with E-state index in [-0.39, 0.29) is 5.41 Å². The van der Waals surface area contributed by atoms with Crippen LogP contribution in [0.25, 0.3) is 0 Å². The van der Waals surface area contributed by atoms with Crippen LogP contribution in [-0.4, -0.2) is 6.61 Å². The maximum atomic E-state index is 5.48. The Balaban J connectivity index is 4.54. The molecule has 0 bridgehead atoms. The van der Waals surface area contributed by atoms with Gasteiger partial charge in [0, 0.05) is 6.42 Å². The van der Waals surface area contributed by atoms with Crippen LogP contribution in [0.3, 0.4) is 0 Å². The predicted octanol–water partition coefficient (Wildman–Crippen LogP) is 4.59. The third-order valence-corrected chi connectivity index (χ3v) is 3.52. The molecule has 88 valence electrons. The summed E-state index contributed by atoms with van der Waals surface area (Å²) < 4.78 is 5.48. The summed E-state index contributed by atoms with van der Waals surface area (Å²) in [5, 5.41) is 0. The zero-order chi connectivity index (χ0) is 12.1. The van der Waals surface area contributed by atoms with Crippen molar-refractivity contribution in [2.45, 2.75) is 53.9 Å². The summed E-state index contributed by atoms with van der Waals surface area (Å²) >= 11 is 0. The van der Waals surface area contributed by atoms with Crippen LogP contribution in [0.15, 0.2) is 12.3 Å². The van der Waals surface area contributed by atoms with E-state index < -0.39 is 0 Å². The lowest BCUT2D eigenvalue weighted by Gasteiger charge is -2.33. The van der Waals surface area contributed by atoms with Gasteiger partial charge in [-0.25, -0.2) is 0 Å². The SMILES string of the molecule is C=C(OCC)C([CH2+])(C)CC(C)(CC)CC. The first-order valence-corrected chi connectivity index (χ1v) is 5.99. The highest BCUT2D eigenvalue weighted by Gasteiger charge is 2.38. The van der Waals surface area contributed by atoms with Gasteiger partial charge in [-0.15, -0.1) is 0 Å². The number of rotatable bonds is 7. The molecule has 0 aromatic rings. The van der Waals surface area contributed by atoms with E-state index in [0.717, 1.165) is 12.2 Å². The first-order valence-electron chi connectivity index (χ1n) is 5.99. The van der Waals surface area contributed by atoms with Crippen LogP contribution in [-0.2, 0) is 4.74 Å². The minimum Gasteiger partial charge on any atom is -0.494 e. The summed E-state index contributed by atoms with van der Waals surface area (Å²) in [5.74, 6) is 0.818. The maximum Gasteiger partial charge on any atom is 0.159 e. The monoisotopic (exact) mass is 211 g/mol. The van der Waals surface area contributed by atoms with Crippen molar-refractivity contribution in [2.75, 3.05) is 6.61 Å². The van der Waals surface area contributed by atoms with Crippen LogP contribution in [0.4, 0.5) is 0 Å². The van der Waals surface area contributed by atoms with E-state index >= 15 is 0 Å². The average molecular weight is 211 g/mol. The van der Waals surface area contributed by atoms with Gasteiger partial charge in [0.1, 0.15) is 5.76 Å². The Bertz CT molecular complexity index is 199. The number of allylic oxidation sites excluding steroid dienone is 1. The summed E-state index contributed by atoms with van der Waals surface area (Å²) in [6.07, 6.45) is 3.38. The molecule has 0 saturated heterocycles. The lowest BCUT2D eigenvalue weighted by atomic mass is 9.70. The molecule has 0 fully saturated rings. The second kappa shape index (κ2) is 5.48. The normalized spacial score (nSPS) is 15.8. The fraction of sp³-hybridized carbons (Fsp3) is 0.786. The molecule has 0 aromatic carbocycles. The van der Waals surface area contributed by atoms with Crippen molar-refractivity contribution >= 4 is 0 Å². The van der Waals surface area contributed by atoms with Gasteiger partial charge in [-0.3, -0.25) is 0 Å². The molecule has 1 heteroatoms. The Morgan fingerprint density at radius 1 is 1.20 bits per heavy atom. The molecule has 0 rings (SSSR count). The standard InChI is InChI=1S/C14H27O/c1-8-14(7,9-2)11-13(5,6)12(4)15-10-3/h4-5,8-11H2,1-3,6-7H3/q+1. The van der Waals surface area contributed by atoms with E-state index in [2.05, 4.69) is 41.2 Å². The van der Waals surface area contributed by atoms with E-state index in [9.17, 15) is 0 Å². The topological polar surface area (TPSA) is 9.23 Å². The second-order valence-electron chi connectivity index (χ2n) is 5.11. The zero-order valence-electron chi connectivity index (χ0n) is 11.2. The zero-order valence-corrected chi connectivity index (χ0v) is 11.2. The van der Waals surface area contributed by atoms with Crippen molar-refractivity contribution < 1.29 is 4.74 Å². The van der Waals surface area contributed by atoms with Crippen LogP contribution < -0.4 is 0 Å². The second-order valence-corrected chi connectivity index (χ2v) is 5.11. The molecule has 0 aliphatic carbocycles. The van der Waals surface area contributed by atoms with Crippen molar-refractivity contribution in [3.05, 3.63) is 19.3 Å². The van der Waals surface area contributed by atoms with Gasteiger partial charge in [-0.2, -0.15) is 0 Å². The van der Waals surface area contributed by atoms with Crippen molar-refractivity contribution in [1.82, 2.24) is 0 Å². The highest BCUT2D eigenvalue weighted by molar-refractivity contribution is 5.05. The van der Waals surface area contributed by atoms with E-state index in [1.54, 1.807) is 0 Å². The molecule has 0 aliphatic heterocycles. The van der Waals surface area contributed by atoms with Gasteiger partial charge < -0.3 is 4.74 Å². The summed E-state index contributed by atoms with van der Waals surface area (Å²) in [6, 6.07) is 0. The Morgan fingerprint density at radius 2 is 1.67 bits per heavy atom. The summed E-state index contributed by atoms with van der Waals surface area (Å²) in [4.78, 5) is 0. The van der Waals surface area contributed by atoms with Gasteiger partial charge in [0.25, 0.3) is 0 Å². The number of hydrogen-bond acceptors (Lipinski definition) is 1. The van der Waals surface area contributed by atoms with E-state index in [1.807, 2.05) is 6.92 Å².